The fraction of sp³-hybridized carbons (Fsp3) is 0.231. The fourth-order valence-electron chi connectivity index (χ4n) is 1.82. The van der Waals surface area contributed by atoms with Crippen LogP contribution in [0.4, 0.5) is 4.39 Å². The Kier molecular flexibility index (Phi) is 4.43. The van der Waals surface area contributed by atoms with E-state index < -0.39 is 0 Å². The molecule has 0 saturated heterocycles. The van der Waals surface area contributed by atoms with Crippen LogP contribution in [-0.2, 0) is 0 Å². The number of hydrogen-bond donors (Lipinski definition) is 1. The highest BCUT2D eigenvalue weighted by Crippen LogP contribution is 2.37. The summed E-state index contributed by atoms with van der Waals surface area (Å²) in [5.74, 6) is -0.199. The summed E-state index contributed by atoms with van der Waals surface area (Å²) in [5.41, 5.74) is 1.55. The Hall–Kier alpha value is -0.420. The van der Waals surface area contributed by atoms with Crippen LogP contribution in [0.5, 0.6) is 0 Å². The van der Waals surface area contributed by atoms with Gasteiger partial charge in [-0.3, -0.25) is 0 Å². The van der Waals surface area contributed by atoms with Crippen LogP contribution in [0.15, 0.2) is 28.7 Å². The van der Waals surface area contributed by atoms with Gasteiger partial charge in [-0.1, -0.05) is 23.7 Å². The zero-order valence-corrected chi connectivity index (χ0v) is 13.1. The van der Waals surface area contributed by atoms with Gasteiger partial charge < -0.3 is 5.32 Å². The molecule has 18 heavy (non-hydrogen) atoms. The summed E-state index contributed by atoms with van der Waals surface area (Å²) in [6.45, 7) is 1.87. The second-order valence-electron chi connectivity index (χ2n) is 4.02. The van der Waals surface area contributed by atoms with Gasteiger partial charge >= 0.3 is 0 Å². The summed E-state index contributed by atoms with van der Waals surface area (Å²) in [4.78, 5) is 0.983. The molecule has 1 nitrogen and oxygen atoms in total. The molecule has 0 aliphatic carbocycles. The third-order valence-corrected chi connectivity index (χ3v) is 5.24. The largest absolute Gasteiger partial charge is 0.309 e. The van der Waals surface area contributed by atoms with E-state index in [0.717, 1.165) is 14.9 Å². The van der Waals surface area contributed by atoms with E-state index in [2.05, 4.69) is 21.2 Å². The first kappa shape index (κ1) is 14.0. The molecule has 0 radical (unpaired) electrons. The summed E-state index contributed by atoms with van der Waals surface area (Å²) >= 11 is 10.9. The van der Waals surface area contributed by atoms with Gasteiger partial charge in [0.25, 0.3) is 0 Å². The van der Waals surface area contributed by atoms with Crippen LogP contribution in [0.25, 0.3) is 0 Å². The maximum atomic E-state index is 14.0. The van der Waals surface area contributed by atoms with Crippen molar-refractivity contribution in [2.24, 2.45) is 0 Å². The zero-order valence-electron chi connectivity index (χ0n) is 9.93. The van der Waals surface area contributed by atoms with Gasteiger partial charge in [-0.2, -0.15) is 0 Å². The molecule has 0 fully saturated rings. The van der Waals surface area contributed by atoms with E-state index in [4.69, 9.17) is 11.6 Å². The van der Waals surface area contributed by atoms with Gasteiger partial charge in [0.2, 0.25) is 0 Å². The monoisotopic (exact) mass is 347 g/mol. The predicted octanol–water partition coefficient (Wildman–Crippen LogP) is 4.92. The van der Waals surface area contributed by atoms with Crippen LogP contribution in [0.3, 0.4) is 0 Å². The molecule has 0 saturated carbocycles. The average Bonchev–Trinajstić information content (AvgIpc) is 2.63. The van der Waals surface area contributed by atoms with Gasteiger partial charge in [-0.25, -0.2) is 4.39 Å². The van der Waals surface area contributed by atoms with Crippen molar-refractivity contribution in [1.82, 2.24) is 5.32 Å². The van der Waals surface area contributed by atoms with Crippen LogP contribution in [0.1, 0.15) is 22.0 Å². The first-order valence-electron chi connectivity index (χ1n) is 5.41. The molecule has 0 aliphatic heterocycles. The molecule has 0 aliphatic rings. The van der Waals surface area contributed by atoms with Crippen molar-refractivity contribution in [1.29, 1.82) is 0 Å². The molecular weight excluding hydrogens is 337 g/mol. The van der Waals surface area contributed by atoms with Gasteiger partial charge in [0.15, 0.2) is 0 Å². The molecule has 0 amide bonds. The molecule has 1 heterocycles. The first-order chi connectivity index (χ1) is 8.52. The average molecular weight is 349 g/mol. The topological polar surface area (TPSA) is 12.0 Å². The van der Waals surface area contributed by atoms with E-state index in [0.29, 0.717) is 9.90 Å². The molecule has 0 bridgehead atoms. The number of rotatable bonds is 3. The van der Waals surface area contributed by atoms with Gasteiger partial charge in [0, 0.05) is 14.9 Å². The van der Waals surface area contributed by atoms with E-state index in [1.165, 1.54) is 11.3 Å². The van der Waals surface area contributed by atoms with Crippen molar-refractivity contribution in [3.63, 3.8) is 0 Å². The van der Waals surface area contributed by atoms with Crippen LogP contribution in [0.2, 0.25) is 4.34 Å². The molecule has 1 N–H and O–H groups in total. The van der Waals surface area contributed by atoms with Crippen molar-refractivity contribution in [3.05, 3.63) is 54.9 Å². The number of nitrogens with one attached hydrogen (secondary N) is 1. The van der Waals surface area contributed by atoms with Gasteiger partial charge in [0.05, 0.1) is 6.04 Å². The zero-order chi connectivity index (χ0) is 13.3. The Morgan fingerprint density at radius 2 is 2.11 bits per heavy atom. The second-order valence-corrected chi connectivity index (χ2v) is 6.56. The standard InChI is InChI=1S/C13H12BrClFNS/c1-7-3-4-8(10(16)5-7)12(17-2)11-6-9(14)13(15)18-11/h3-6,12,17H,1-2H3. The molecule has 2 rings (SSSR count). The smallest absolute Gasteiger partial charge is 0.128 e. The number of hydrogen-bond acceptors (Lipinski definition) is 2. The summed E-state index contributed by atoms with van der Waals surface area (Å²) < 4.78 is 15.5. The van der Waals surface area contributed by atoms with Crippen LogP contribution in [-0.4, -0.2) is 7.05 Å². The van der Waals surface area contributed by atoms with Crippen molar-refractivity contribution in [3.8, 4) is 0 Å². The van der Waals surface area contributed by atoms with E-state index >= 15 is 0 Å². The number of aryl methyl sites for hydroxylation is 1. The Morgan fingerprint density at radius 3 is 2.61 bits per heavy atom. The summed E-state index contributed by atoms with van der Waals surface area (Å²) in [6.07, 6.45) is 0. The third kappa shape index (κ3) is 2.77. The third-order valence-electron chi connectivity index (χ3n) is 2.70. The van der Waals surface area contributed by atoms with Crippen LogP contribution >= 0.6 is 38.9 Å². The minimum Gasteiger partial charge on any atom is -0.309 e. The van der Waals surface area contributed by atoms with Crippen molar-refractivity contribution in [2.75, 3.05) is 7.05 Å². The summed E-state index contributed by atoms with van der Waals surface area (Å²) in [6, 6.07) is 7.01. The predicted molar refractivity (Wildman–Crippen MR) is 79.1 cm³/mol. The minimum atomic E-state index is -0.199. The molecule has 1 unspecified atom stereocenters. The van der Waals surface area contributed by atoms with Crippen molar-refractivity contribution < 1.29 is 4.39 Å². The second kappa shape index (κ2) is 5.70. The highest BCUT2D eigenvalue weighted by Gasteiger charge is 2.19. The van der Waals surface area contributed by atoms with E-state index in [1.807, 2.05) is 32.2 Å². The number of thiophene rings is 1. The lowest BCUT2D eigenvalue weighted by molar-refractivity contribution is 0.578. The molecule has 5 heteroatoms. The Labute approximate surface area is 123 Å². The molecular formula is C13H12BrClFNS. The summed E-state index contributed by atoms with van der Waals surface area (Å²) in [7, 11) is 1.81. The van der Waals surface area contributed by atoms with E-state index in [9.17, 15) is 4.39 Å². The molecule has 1 aromatic carbocycles. The Morgan fingerprint density at radius 1 is 1.39 bits per heavy atom. The van der Waals surface area contributed by atoms with Crippen molar-refractivity contribution in [2.45, 2.75) is 13.0 Å². The normalized spacial score (nSPS) is 12.7. The maximum Gasteiger partial charge on any atom is 0.128 e. The fourth-order valence-corrected chi connectivity index (χ4v) is 3.69. The molecule has 96 valence electrons. The Bertz CT molecular complexity index is 551. The van der Waals surface area contributed by atoms with Crippen LogP contribution in [0, 0.1) is 12.7 Å². The molecule has 1 atom stereocenters. The lowest BCUT2D eigenvalue weighted by Crippen LogP contribution is -2.17. The van der Waals surface area contributed by atoms with Gasteiger partial charge in [-0.15, -0.1) is 11.3 Å². The van der Waals surface area contributed by atoms with E-state index in [1.54, 1.807) is 6.07 Å². The highest BCUT2D eigenvalue weighted by molar-refractivity contribution is 9.10. The SMILES string of the molecule is CNC(c1cc(Br)c(Cl)s1)c1ccc(C)cc1F. The number of halogens is 3. The lowest BCUT2D eigenvalue weighted by atomic mass is 10.0. The molecule has 0 spiro atoms. The minimum absolute atomic E-state index is 0.181. The quantitative estimate of drug-likeness (QED) is 0.830. The highest BCUT2D eigenvalue weighted by atomic mass is 79.9. The van der Waals surface area contributed by atoms with Crippen LogP contribution < -0.4 is 5.32 Å². The first-order valence-corrected chi connectivity index (χ1v) is 7.39. The molecule has 1 aromatic heterocycles. The maximum absolute atomic E-state index is 14.0. The van der Waals surface area contributed by atoms with Gasteiger partial charge in [0.1, 0.15) is 10.2 Å². The number of benzene rings is 1. The summed E-state index contributed by atoms with van der Waals surface area (Å²) in [5, 5.41) is 3.13. The Balaban J connectivity index is 2.45. The lowest BCUT2D eigenvalue weighted by Gasteiger charge is -2.16. The van der Waals surface area contributed by atoms with Gasteiger partial charge in [-0.05, 0) is 47.6 Å². The molecule has 2 aromatic rings. The van der Waals surface area contributed by atoms with Crippen molar-refractivity contribution >= 4 is 38.9 Å². The van der Waals surface area contributed by atoms with E-state index in [-0.39, 0.29) is 11.9 Å².